The third-order valence-electron chi connectivity index (χ3n) is 4.21. The summed E-state index contributed by atoms with van der Waals surface area (Å²) in [5.74, 6) is 0.183. The van der Waals surface area contributed by atoms with Gasteiger partial charge in [0, 0.05) is 20.7 Å². The normalized spacial score (nSPS) is 10.9. The number of carbonyl (C=O) groups excluding carboxylic acids is 1. The predicted molar refractivity (Wildman–Crippen MR) is 124 cm³/mol. The minimum atomic E-state index is -0.279. The lowest BCUT2D eigenvalue weighted by molar-refractivity contribution is -0.118. The molecule has 30 heavy (non-hydrogen) atoms. The van der Waals surface area contributed by atoms with Gasteiger partial charge in [0.05, 0.1) is 11.6 Å². The topological polar surface area (TPSA) is 62.1 Å². The summed E-state index contributed by atoms with van der Waals surface area (Å²) in [5.41, 5.74) is 3.60. The first-order valence-electron chi connectivity index (χ1n) is 9.11. The molecule has 1 amide bonds. The number of anilines is 1. The SMILES string of the molecule is Cc1cccc(NC(=O)COc2ccc(Cl)cc2/C=C(\C#N)c2ccc(Br)cc2)c1. The number of nitriles is 1. The first-order valence-corrected chi connectivity index (χ1v) is 10.3. The standard InChI is InChI=1S/C24H18BrClN2O2/c1-16-3-2-4-22(11-16)28-24(29)15-30-23-10-9-21(26)13-18(23)12-19(14-27)17-5-7-20(25)8-6-17/h2-13H,15H2,1H3,(H,28,29)/b19-12+. The van der Waals surface area contributed by atoms with E-state index in [9.17, 15) is 10.1 Å². The number of carbonyl (C=O) groups is 1. The van der Waals surface area contributed by atoms with Crippen molar-refractivity contribution < 1.29 is 9.53 Å². The Labute approximate surface area is 188 Å². The fourth-order valence-electron chi connectivity index (χ4n) is 2.79. The Hall–Kier alpha value is -3.07. The van der Waals surface area contributed by atoms with Gasteiger partial charge in [0.1, 0.15) is 5.75 Å². The van der Waals surface area contributed by atoms with Gasteiger partial charge in [-0.3, -0.25) is 4.79 Å². The van der Waals surface area contributed by atoms with Crippen LogP contribution in [0.15, 0.2) is 71.2 Å². The molecule has 0 aromatic heterocycles. The molecule has 0 aliphatic rings. The number of hydrogen-bond acceptors (Lipinski definition) is 3. The fourth-order valence-corrected chi connectivity index (χ4v) is 3.24. The zero-order valence-electron chi connectivity index (χ0n) is 16.2. The third-order valence-corrected chi connectivity index (χ3v) is 4.97. The van der Waals surface area contributed by atoms with E-state index in [0.717, 1.165) is 15.6 Å². The number of hydrogen-bond donors (Lipinski definition) is 1. The summed E-state index contributed by atoms with van der Waals surface area (Å²) in [6, 6.07) is 22.2. The Kier molecular flexibility index (Phi) is 7.29. The molecule has 4 nitrogen and oxygen atoms in total. The van der Waals surface area contributed by atoms with Crippen molar-refractivity contribution in [2.45, 2.75) is 6.92 Å². The van der Waals surface area contributed by atoms with E-state index in [2.05, 4.69) is 27.3 Å². The highest BCUT2D eigenvalue weighted by Crippen LogP contribution is 2.28. The van der Waals surface area contributed by atoms with Gasteiger partial charge in [-0.05, 0) is 66.6 Å². The largest absolute Gasteiger partial charge is 0.483 e. The maximum absolute atomic E-state index is 12.3. The molecule has 0 unspecified atom stereocenters. The van der Waals surface area contributed by atoms with Crippen molar-refractivity contribution >= 4 is 50.8 Å². The third kappa shape index (κ3) is 5.96. The number of allylic oxidation sites excluding steroid dienone is 1. The second-order valence-electron chi connectivity index (χ2n) is 6.57. The Morgan fingerprint density at radius 3 is 2.63 bits per heavy atom. The molecule has 0 aliphatic carbocycles. The zero-order valence-corrected chi connectivity index (χ0v) is 18.5. The number of benzene rings is 3. The van der Waals surface area contributed by atoms with Gasteiger partial charge in [-0.1, -0.05) is 51.8 Å². The summed E-state index contributed by atoms with van der Waals surface area (Å²) in [7, 11) is 0. The van der Waals surface area contributed by atoms with Crippen LogP contribution in [0, 0.1) is 18.3 Å². The van der Waals surface area contributed by atoms with E-state index >= 15 is 0 Å². The quantitative estimate of drug-likeness (QED) is 0.323. The molecule has 0 radical (unpaired) electrons. The van der Waals surface area contributed by atoms with Gasteiger partial charge in [-0.25, -0.2) is 0 Å². The van der Waals surface area contributed by atoms with Crippen molar-refractivity contribution in [3.63, 3.8) is 0 Å². The first-order chi connectivity index (χ1) is 14.4. The number of nitrogens with one attached hydrogen (secondary N) is 1. The van der Waals surface area contributed by atoms with Gasteiger partial charge in [0.25, 0.3) is 5.91 Å². The lowest BCUT2D eigenvalue weighted by atomic mass is 10.0. The Morgan fingerprint density at radius 1 is 1.17 bits per heavy atom. The van der Waals surface area contributed by atoms with Gasteiger partial charge in [-0.2, -0.15) is 5.26 Å². The molecule has 0 aliphatic heterocycles. The smallest absolute Gasteiger partial charge is 0.262 e. The van der Waals surface area contributed by atoms with Gasteiger partial charge in [-0.15, -0.1) is 0 Å². The van der Waals surface area contributed by atoms with Crippen molar-refractivity contribution in [1.29, 1.82) is 5.26 Å². The van der Waals surface area contributed by atoms with E-state index in [1.54, 1.807) is 24.3 Å². The van der Waals surface area contributed by atoms with Crippen LogP contribution >= 0.6 is 27.5 Å². The average Bonchev–Trinajstić information content (AvgIpc) is 2.72. The maximum atomic E-state index is 12.3. The summed E-state index contributed by atoms with van der Waals surface area (Å²) in [6.45, 7) is 1.78. The molecule has 3 rings (SSSR count). The van der Waals surface area contributed by atoms with Crippen LogP contribution in [0.2, 0.25) is 5.02 Å². The first kappa shape index (κ1) is 21.6. The molecule has 3 aromatic rings. The van der Waals surface area contributed by atoms with Gasteiger partial charge in [0.15, 0.2) is 6.61 Å². The van der Waals surface area contributed by atoms with Crippen LogP contribution in [0.3, 0.4) is 0 Å². The minimum absolute atomic E-state index is 0.170. The van der Waals surface area contributed by atoms with E-state index < -0.39 is 0 Å². The van der Waals surface area contributed by atoms with Gasteiger partial charge < -0.3 is 10.1 Å². The molecule has 0 bridgehead atoms. The average molecular weight is 482 g/mol. The molecule has 150 valence electrons. The summed E-state index contributed by atoms with van der Waals surface area (Å²) in [6.07, 6.45) is 1.70. The number of amides is 1. The van der Waals surface area contributed by atoms with E-state index in [1.165, 1.54) is 0 Å². The van der Waals surface area contributed by atoms with Crippen LogP contribution in [0.25, 0.3) is 11.6 Å². The Morgan fingerprint density at radius 2 is 1.93 bits per heavy atom. The van der Waals surface area contributed by atoms with E-state index in [4.69, 9.17) is 16.3 Å². The molecule has 0 atom stereocenters. The predicted octanol–water partition coefficient (Wildman–Crippen LogP) is 6.49. The molecule has 1 N–H and O–H groups in total. The van der Waals surface area contributed by atoms with Crippen LogP contribution in [0.5, 0.6) is 5.75 Å². The molecule has 3 aromatic carbocycles. The summed E-state index contributed by atoms with van der Waals surface area (Å²) in [5, 5.41) is 12.9. The van der Waals surface area contributed by atoms with E-state index in [0.29, 0.717) is 27.6 Å². The molecule has 0 spiro atoms. The molecule has 0 saturated heterocycles. The van der Waals surface area contributed by atoms with Crippen LogP contribution in [0.4, 0.5) is 5.69 Å². The van der Waals surface area contributed by atoms with Crippen molar-refractivity contribution in [1.82, 2.24) is 0 Å². The summed E-state index contributed by atoms with van der Waals surface area (Å²) >= 11 is 9.53. The van der Waals surface area contributed by atoms with Crippen LogP contribution in [0.1, 0.15) is 16.7 Å². The van der Waals surface area contributed by atoms with Crippen molar-refractivity contribution in [3.05, 3.63) is 92.9 Å². The molecule has 0 heterocycles. The molecule has 6 heteroatoms. The number of halogens is 2. The molecular weight excluding hydrogens is 464 g/mol. The second-order valence-corrected chi connectivity index (χ2v) is 7.92. The Bertz CT molecular complexity index is 1130. The maximum Gasteiger partial charge on any atom is 0.262 e. The van der Waals surface area contributed by atoms with Gasteiger partial charge >= 0.3 is 0 Å². The summed E-state index contributed by atoms with van der Waals surface area (Å²) < 4.78 is 6.65. The Balaban J connectivity index is 1.78. The molecule has 0 saturated carbocycles. The highest BCUT2D eigenvalue weighted by Gasteiger charge is 2.09. The van der Waals surface area contributed by atoms with Crippen molar-refractivity contribution in [3.8, 4) is 11.8 Å². The minimum Gasteiger partial charge on any atom is -0.483 e. The van der Waals surface area contributed by atoms with Crippen LogP contribution < -0.4 is 10.1 Å². The number of rotatable bonds is 6. The number of aryl methyl sites for hydroxylation is 1. The number of ether oxygens (including phenoxy) is 1. The number of nitrogens with zero attached hydrogens (tertiary/aromatic N) is 1. The lowest BCUT2D eigenvalue weighted by Crippen LogP contribution is -2.20. The fraction of sp³-hybridized carbons (Fsp3) is 0.0833. The zero-order chi connectivity index (χ0) is 21.5. The molecule has 0 fully saturated rings. The van der Waals surface area contributed by atoms with Gasteiger partial charge in [0.2, 0.25) is 0 Å². The van der Waals surface area contributed by atoms with E-state index in [1.807, 2.05) is 55.5 Å². The molecular formula is C24H18BrClN2O2. The second kappa shape index (κ2) is 10.1. The van der Waals surface area contributed by atoms with E-state index in [-0.39, 0.29) is 12.5 Å². The lowest BCUT2D eigenvalue weighted by Gasteiger charge is -2.11. The highest BCUT2D eigenvalue weighted by atomic mass is 79.9. The summed E-state index contributed by atoms with van der Waals surface area (Å²) in [4.78, 5) is 12.3. The highest BCUT2D eigenvalue weighted by molar-refractivity contribution is 9.10. The monoisotopic (exact) mass is 480 g/mol. The van der Waals surface area contributed by atoms with Crippen molar-refractivity contribution in [2.24, 2.45) is 0 Å². The van der Waals surface area contributed by atoms with Crippen LogP contribution in [-0.2, 0) is 4.79 Å². The van der Waals surface area contributed by atoms with Crippen LogP contribution in [-0.4, -0.2) is 12.5 Å². The van der Waals surface area contributed by atoms with Crippen molar-refractivity contribution in [2.75, 3.05) is 11.9 Å².